The van der Waals surface area contributed by atoms with Crippen molar-refractivity contribution in [2.45, 2.75) is 45.6 Å². The minimum Gasteiger partial charge on any atom is -0.338 e. The predicted octanol–water partition coefficient (Wildman–Crippen LogP) is 1.63. The molecule has 1 saturated carbocycles. The van der Waals surface area contributed by atoms with E-state index in [1.54, 1.807) is 0 Å². The van der Waals surface area contributed by atoms with Crippen molar-refractivity contribution in [3.8, 4) is 0 Å². The highest BCUT2D eigenvalue weighted by Gasteiger charge is 2.31. The van der Waals surface area contributed by atoms with E-state index in [4.69, 9.17) is 0 Å². The lowest BCUT2D eigenvalue weighted by Gasteiger charge is -2.23. The Bertz CT molecular complexity index is 250. The quantitative estimate of drug-likeness (QED) is 0.770. The van der Waals surface area contributed by atoms with Crippen molar-refractivity contribution in [2.24, 2.45) is 11.8 Å². The number of amides is 1. The van der Waals surface area contributed by atoms with Crippen LogP contribution >= 0.6 is 0 Å². The molecule has 2 atom stereocenters. The normalized spacial score (nSPS) is 29.8. The fraction of sp³-hybridized carbons (Fsp3) is 0.923. The van der Waals surface area contributed by atoms with Gasteiger partial charge in [0.2, 0.25) is 5.91 Å². The first-order chi connectivity index (χ1) is 7.70. The molecule has 1 amide bonds. The third kappa shape index (κ3) is 2.97. The number of carbonyl (C=O) groups excluding carboxylic acids is 1. The van der Waals surface area contributed by atoms with Crippen LogP contribution in [-0.2, 0) is 4.79 Å². The summed E-state index contributed by atoms with van der Waals surface area (Å²) >= 11 is 0. The number of hydrogen-bond acceptors (Lipinski definition) is 2. The first-order valence-electron chi connectivity index (χ1n) is 6.71. The van der Waals surface area contributed by atoms with Crippen molar-refractivity contribution in [3.05, 3.63) is 0 Å². The summed E-state index contributed by atoms with van der Waals surface area (Å²) in [5.41, 5.74) is 0. The summed E-state index contributed by atoms with van der Waals surface area (Å²) in [7, 11) is 0. The van der Waals surface area contributed by atoms with Crippen LogP contribution < -0.4 is 5.32 Å². The van der Waals surface area contributed by atoms with Gasteiger partial charge in [0.05, 0.1) is 6.54 Å². The van der Waals surface area contributed by atoms with Gasteiger partial charge in [-0.1, -0.05) is 13.8 Å². The second kappa shape index (κ2) is 5.17. The zero-order valence-electron chi connectivity index (χ0n) is 10.5. The molecule has 92 valence electrons. The minimum atomic E-state index is 0.303. The molecule has 2 aliphatic rings. The topological polar surface area (TPSA) is 32.3 Å². The van der Waals surface area contributed by atoms with Crippen LogP contribution in [0.5, 0.6) is 0 Å². The minimum absolute atomic E-state index is 0.303. The van der Waals surface area contributed by atoms with Crippen LogP contribution in [0.3, 0.4) is 0 Å². The van der Waals surface area contributed by atoms with Crippen molar-refractivity contribution in [3.63, 3.8) is 0 Å². The Morgan fingerprint density at radius 1 is 1.44 bits per heavy atom. The molecule has 2 unspecified atom stereocenters. The van der Waals surface area contributed by atoms with Crippen LogP contribution in [-0.4, -0.2) is 36.5 Å². The van der Waals surface area contributed by atoms with Gasteiger partial charge in [-0.3, -0.25) is 4.79 Å². The third-order valence-corrected chi connectivity index (χ3v) is 3.82. The van der Waals surface area contributed by atoms with E-state index in [1.165, 1.54) is 19.3 Å². The standard InChI is InChI=1S/C13H24N2O/c1-3-12-6-10(2)9-15(12)13(16)8-14-7-11-4-5-11/h10-12,14H,3-9H2,1-2H3. The molecule has 0 aromatic heterocycles. The second-order valence-electron chi connectivity index (χ2n) is 5.52. The Labute approximate surface area is 98.6 Å². The largest absolute Gasteiger partial charge is 0.338 e. The Balaban J connectivity index is 1.73. The van der Waals surface area contributed by atoms with Gasteiger partial charge in [0.25, 0.3) is 0 Å². The molecule has 0 bridgehead atoms. The van der Waals surface area contributed by atoms with Crippen molar-refractivity contribution in [2.75, 3.05) is 19.6 Å². The maximum atomic E-state index is 12.0. The summed E-state index contributed by atoms with van der Waals surface area (Å²) in [6, 6.07) is 0.491. The van der Waals surface area contributed by atoms with Gasteiger partial charge in [-0.2, -0.15) is 0 Å². The molecule has 16 heavy (non-hydrogen) atoms. The van der Waals surface area contributed by atoms with Crippen LogP contribution in [0.25, 0.3) is 0 Å². The summed E-state index contributed by atoms with van der Waals surface area (Å²) in [5, 5.41) is 3.29. The highest BCUT2D eigenvalue weighted by atomic mass is 16.2. The molecule has 2 rings (SSSR count). The van der Waals surface area contributed by atoms with E-state index in [1.807, 2.05) is 0 Å². The molecule has 3 heteroatoms. The van der Waals surface area contributed by atoms with Gasteiger partial charge >= 0.3 is 0 Å². The third-order valence-electron chi connectivity index (χ3n) is 3.82. The summed E-state index contributed by atoms with van der Waals surface area (Å²) in [6.45, 7) is 6.96. The monoisotopic (exact) mass is 224 g/mol. The van der Waals surface area contributed by atoms with Gasteiger partial charge in [0.1, 0.15) is 0 Å². The van der Waals surface area contributed by atoms with Gasteiger partial charge in [0, 0.05) is 12.6 Å². The lowest BCUT2D eigenvalue weighted by molar-refractivity contribution is -0.131. The fourth-order valence-electron chi connectivity index (χ4n) is 2.65. The maximum Gasteiger partial charge on any atom is 0.236 e. The van der Waals surface area contributed by atoms with E-state index >= 15 is 0 Å². The average Bonchev–Trinajstić information content (AvgIpc) is 3.00. The van der Waals surface area contributed by atoms with Crippen molar-refractivity contribution < 1.29 is 4.79 Å². The van der Waals surface area contributed by atoms with Crippen LogP contribution in [0.15, 0.2) is 0 Å². The maximum absolute atomic E-state index is 12.0. The Morgan fingerprint density at radius 2 is 2.19 bits per heavy atom. The van der Waals surface area contributed by atoms with Crippen molar-refractivity contribution in [1.82, 2.24) is 10.2 Å². The average molecular weight is 224 g/mol. The van der Waals surface area contributed by atoms with Crippen LogP contribution in [0, 0.1) is 11.8 Å². The summed E-state index contributed by atoms with van der Waals surface area (Å²) in [4.78, 5) is 14.1. The van der Waals surface area contributed by atoms with E-state index in [0.29, 0.717) is 24.4 Å². The highest BCUT2D eigenvalue weighted by molar-refractivity contribution is 5.78. The number of nitrogens with one attached hydrogen (secondary N) is 1. The van der Waals surface area contributed by atoms with Gasteiger partial charge < -0.3 is 10.2 Å². The molecular formula is C13H24N2O. The predicted molar refractivity (Wildman–Crippen MR) is 65.2 cm³/mol. The summed E-state index contributed by atoms with van der Waals surface area (Å²) in [6.07, 6.45) is 4.97. The number of likely N-dealkylation sites (tertiary alicyclic amines) is 1. The zero-order valence-corrected chi connectivity index (χ0v) is 10.5. The lowest BCUT2D eigenvalue weighted by atomic mass is 10.1. The van der Waals surface area contributed by atoms with Crippen LogP contribution in [0.1, 0.15) is 39.5 Å². The Kier molecular flexibility index (Phi) is 3.85. The number of carbonyl (C=O) groups is 1. The lowest BCUT2D eigenvalue weighted by Crippen LogP contribution is -2.41. The fourth-order valence-corrected chi connectivity index (χ4v) is 2.65. The Hall–Kier alpha value is -0.570. The van der Waals surface area contributed by atoms with Gasteiger partial charge in [0.15, 0.2) is 0 Å². The van der Waals surface area contributed by atoms with Gasteiger partial charge in [-0.15, -0.1) is 0 Å². The van der Waals surface area contributed by atoms with Crippen molar-refractivity contribution in [1.29, 1.82) is 0 Å². The molecule has 1 aliphatic carbocycles. The van der Waals surface area contributed by atoms with Crippen LogP contribution in [0.4, 0.5) is 0 Å². The summed E-state index contributed by atoms with van der Waals surface area (Å²) < 4.78 is 0. The SMILES string of the molecule is CCC1CC(C)CN1C(=O)CNCC1CC1. The molecule has 1 N–H and O–H groups in total. The molecule has 0 radical (unpaired) electrons. The number of rotatable bonds is 5. The zero-order chi connectivity index (χ0) is 11.5. The molecule has 1 heterocycles. The number of nitrogens with zero attached hydrogens (tertiary/aromatic N) is 1. The van der Waals surface area contributed by atoms with E-state index in [-0.39, 0.29) is 0 Å². The Morgan fingerprint density at radius 3 is 2.81 bits per heavy atom. The van der Waals surface area contributed by atoms with Gasteiger partial charge in [-0.05, 0) is 44.1 Å². The molecule has 0 aromatic rings. The van der Waals surface area contributed by atoms with Gasteiger partial charge in [-0.25, -0.2) is 0 Å². The molecular weight excluding hydrogens is 200 g/mol. The van der Waals surface area contributed by atoms with Crippen LogP contribution in [0.2, 0.25) is 0 Å². The first-order valence-corrected chi connectivity index (χ1v) is 6.71. The molecule has 3 nitrogen and oxygen atoms in total. The molecule has 1 aliphatic heterocycles. The van der Waals surface area contributed by atoms with E-state index in [0.717, 1.165) is 25.4 Å². The van der Waals surface area contributed by atoms with E-state index in [2.05, 4.69) is 24.1 Å². The molecule has 0 aromatic carbocycles. The summed E-state index contributed by atoms with van der Waals surface area (Å²) in [5.74, 6) is 1.83. The molecule has 2 fully saturated rings. The van der Waals surface area contributed by atoms with E-state index < -0.39 is 0 Å². The number of hydrogen-bond donors (Lipinski definition) is 1. The highest BCUT2D eigenvalue weighted by Crippen LogP contribution is 2.27. The van der Waals surface area contributed by atoms with E-state index in [9.17, 15) is 4.79 Å². The molecule has 0 spiro atoms. The first kappa shape index (κ1) is 11.9. The molecule has 1 saturated heterocycles. The second-order valence-corrected chi connectivity index (χ2v) is 5.52. The smallest absolute Gasteiger partial charge is 0.236 e. The van der Waals surface area contributed by atoms with Crippen molar-refractivity contribution >= 4 is 5.91 Å².